The van der Waals surface area contributed by atoms with Crippen LogP contribution in [0, 0.1) is 7.05 Å². The van der Waals surface area contributed by atoms with E-state index >= 15 is 0 Å². The summed E-state index contributed by atoms with van der Waals surface area (Å²) in [7, 11) is 7.25. The molecule has 0 N–H and O–H groups in total. The summed E-state index contributed by atoms with van der Waals surface area (Å²) in [5.41, 5.74) is 0. The molecular formula is C4H12NRb. The molecule has 0 bridgehead atoms. The number of hydrogen-bond donors (Lipinski definition) is 0. The van der Waals surface area contributed by atoms with E-state index in [9.17, 15) is 0 Å². The van der Waals surface area contributed by atoms with Gasteiger partial charge in [-0.2, -0.15) is 0 Å². The minimum atomic E-state index is 0. The Hall–Kier alpha value is 1.77. The van der Waals surface area contributed by atoms with Crippen LogP contribution in [-0.2, 0) is 0 Å². The van der Waals surface area contributed by atoms with Gasteiger partial charge in [0.2, 0.25) is 0 Å². The number of hydrogen-bond acceptors (Lipinski definition) is 1. The summed E-state index contributed by atoms with van der Waals surface area (Å²) in [5, 5.41) is 0. The van der Waals surface area contributed by atoms with E-state index in [-0.39, 0.29) is 65.6 Å². The van der Waals surface area contributed by atoms with Crippen LogP contribution >= 0.6 is 0 Å². The van der Waals surface area contributed by atoms with Crippen molar-refractivity contribution in [1.82, 2.24) is 4.90 Å². The van der Waals surface area contributed by atoms with Gasteiger partial charge in [0.15, 0.2) is 0 Å². The maximum Gasteiger partial charge on any atom is 1.00 e. The van der Waals surface area contributed by atoms with Gasteiger partial charge >= 0.3 is 58.2 Å². The zero-order valence-corrected chi connectivity index (χ0v) is 9.07. The Balaban J connectivity index is -0.0000000450. The summed E-state index contributed by atoms with van der Waals surface area (Å²) in [6.07, 6.45) is 0. The molecule has 0 aromatic carbocycles. The third-order valence-corrected chi connectivity index (χ3v) is 0. The molecule has 0 saturated heterocycles. The summed E-state index contributed by atoms with van der Waals surface area (Å²) in [4.78, 5) is 1.75. The van der Waals surface area contributed by atoms with Gasteiger partial charge in [0.05, 0.1) is 0 Å². The first-order valence-corrected chi connectivity index (χ1v) is 1.21. The second-order valence-electron chi connectivity index (χ2n) is 1.08. The predicted molar refractivity (Wildman–Crippen MR) is 25.8 cm³/mol. The number of nitrogens with zero attached hydrogens (tertiary/aromatic N) is 1. The van der Waals surface area contributed by atoms with Crippen molar-refractivity contribution >= 4 is 0 Å². The van der Waals surface area contributed by atoms with Crippen molar-refractivity contribution in [1.29, 1.82) is 0 Å². The normalized spacial score (nSPS) is 6.00. The van der Waals surface area contributed by atoms with Gasteiger partial charge in [-0.15, -0.1) is 0 Å². The Bertz CT molecular complexity index is 12.3. The Morgan fingerprint density at radius 1 is 1.33 bits per heavy atom. The minimum Gasteiger partial charge on any atom is -0.464 e. The predicted octanol–water partition coefficient (Wildman–Crippen LogP) is -2.02. The molecule has 0 spiro atoms. The molecule has 0 amide bonds. The Kier molecular flexibility index (Phi) is 25.8. The largest absolute Gasteiger partial charge is 1.00 e. The van der Waals surface area contributed by atoms with Crippen LogP contribution in [0.15, 0.2) is 0 Å². The van der Waals surface area contributed by atoms with Crippen molar-refractivity contribution in [3.8, 4) is 0 Å². The second kappa shape index (κ2) is 9.90. The molecule has 0 aromatic heterocycles. The van der Waals surface area contributed by atoms with Crippen LogP contribution in [0.4, 0.5) is 0 Å². The van der Waals surface area contributed by atoms with Gasteiger partial charge in [0.25, 0.3) is 0 Å². The molecule has 0 heterocycles. The summed E-state index contributed by atoms with van der Waals surface area (Å²) in [6, 6.07) is 0. The van der Waals surface area contributed by atoms with E-state index in [0.717, 1.165) is 0 Å². The van der Waals surface area contributed by atoms with Crippen molar-refractivity contribution in [2.45, 2.75) is 7.43 Å². The maximum atomic E-state index is 3.47. The fourth-order valence-electron chi connectivity index (χ4n) is 0. The molecule has 0 saturated carbocycles. The van der Waals surface area contributed by atoms with E-state index in [4.69, 9.17) is 0 Å². The quantitative estimate of drug-likeness (QED) is 0.369. The van der Waals surface area contributed by atoms with Crippen LogP contribution in [0.1, 0.15) is 7.43 Å². The van der Waals surface area contributed by atoms with Gasteiger partial charge in [-0.1, -0.05) is 7.43 Å². The van der Waals surface area contributed by atoms with Gasteiger partial charge in [-0.05, 0) is 14.1 Å². The SMILES string of the molecule is C.[CH2-]N(C)C.[Rb+]. The third-order valence-electron chi connectivity index (χ3n) is 0. The molecule has 0 fully saturated rings. The monoisotopic (exact) mass is 159 g/mol. The van der Waals surface area contributed by atoms with Gasteiger partial charge in [-0.25, -0.2) is 0 Å². The van der Waals surface area contributed by atoms with Gasteiger partial charge in [-0.3, -0.25) is 7.05 Å². The van der Waals surface area contributed by atoms with E-state index in [1.165, 1.54) is 0 Å². The molecule has 0 aliphatic heterocycles. The average molecular weight is 160 g/mol. The molecule has 0 aliphatic rings. The maximum absolute atomic E-state index is 3.47. The summed E-state index contributed by atoms with van der Waals surface area (Å²) in [6.45, 7) is 0. The molecule has 0 aliphatic carbocycles. The fourth-order valence-corrected chi connectivity index (χ4v) is 0. The molecule has 2 heteroatoms. The van der Waals surface area contributed by atoms with E-state index in [2.05, 4.69) is 7.05 Å². The van der Waals surface area contributed by atoms with Crippen molar-refractivity contribution in [3.63, 3.8) is 0 Å². The molecule has 0 radical (unpaired) electrons. The Labute approximate surface area is 89.9 Å². The van der Waals surface area contributed by atoms with Crippen molar-refractivity contribution in [2.24, 2.45) is 0 Å². The van der Waals surface area contributed by atoms with Crippen LogP contribution in [0.3, 0.4) is 0 Å². The van der Waals surface area contributed by atoms with Crippen LogP contribution in [0.2, 0.25) is 0 Å². The van der Waals surface area contributed by atoms with Crippen LogP contribution in [0.5, 0.6) is 0 Å². The summed E-state index contributed by atoms with van der Waals surface area (Å²) >= 11 is 0. The Morgan fingerprint density at radius 3 is 1.33 bits per heavy atom. The van der Waals surface area contributed by atoms with Gasteiger partial charge in [0, 0.05) is 0 Å². The molecule has 0 aromatic rings. The van der Waals surface area contributed by atoms with E-state index in [1.54, 1.807) is 4.90 Å². The standard InChI is InChI=1S/C3H8N.CH4.Rb/c1-4(2)3;;/h1H2,2-3H3;1H4;/q-1;;+1. The van der Waals surface area contributed by atoms with E-state index in [0.29, 0.717) is 0 Å². The van der Waals surface area contributed by atoms with Crippen molar-refractivity contribution in [3.05, 3.63) is 7.05 Å². The fraction of sp³-hybridized carbons (Fsp3) is 0.750. The second-order valence-corrected chi connectivity index (χ2v) is 1.08. The average Bonchev–Trinajstić information content (AvgIpc) is 0.811. The number of rotatable bonds is 0. The third kappa shape index (κ3) is 42.0. The first-order chi connectivity index (χ1) is 1.73. The topological polar surface area (TPSA) is 3.24 Å². The zero-order chi connectivity index (χ0) is 3.58. The molecule has 0 unspecified atom stereocenters. The first-order valence-electron chi connectivity index (χ1n) is 1.21. The molecule has 1 nitrogen and oxygen atoms in total. The summed E-state index contributed by atoms with van der Waals surface area (Å²) in [5.74, 6) is 0. The van der Waals surface area contributed by atoms with Crippen molar-refractivity contribution < 1.29 is 58.2 Å². The van der Waals surface area contributed by atoms with Gasteiger partial charge < -0.3 is 4.90 Å². The van der Waals surface area contributed by atoms with Crippen molar-refractivity contribution in [2.75, 3.05) is 14.1 Å². The molecule has 0 atom stereocenters. The van der Waals surface area contributed by atoms with E-state index in [1.807, 2.05) is 14.1 Å². The van der Waals surface area contributed by atoms with Crippen LogP contribution in [-0.4, -0.2) is 19.0 Å². The Morgan fingerprint density at radius 2 is 1.33 bits per heavy atom. The first kappa shape index (κ1) is 15.7. The van der Waals surface area contributed by atoms with E-state index < -0.39 is 0 Å². The molecule has 6 heavy (non-hydrogen) atoms. The summed E-state index contributed by atoms with van der Waals surface area (Å²) < 4.78 is 0. The molecule has 0 rings (SSSR count). The molecule has 34 valence electrons. The molecular weight excluding hydrogens is 148 g/mol. The van der Waals surface area contributed by atoms with Crippen LogP contribution in [0.25, 0.3) is 0 Å². The zero-order valence-electron chi connectivity index (χ0n) is 4.15. The van der Waals surface area contributed by atoms with Gasteiger partial charge in [0.1, 0.15) is 0 Å². The smallest absolute Gasteiger partial charge is 0.464 e. The van der Waals surface area contributed by atoms with Crippen LogP contribution < -0.4 is 58.2 Å². The minimum absolute atomic E-state index is 0.